The fourth-order valence-corrected chi connectivity index (χ4v) is 5.23. The van der Waals surface area contributed by atoms with Crippen LogP contribution in [0, 0.1) is 0 Å². The van der Waals surface area contributed by atoms with Crippen molar-refractivity contribution in [1.29, 1.82) is 0 Å². The van der Waals surface area contributed by atoms with Gasteiger partial charge in [0, 0.05) is 26.2 Å². The summed E-state index contributed by atoms with van der Waals surface area (Å²) in [5.74, 6) is 0.974. The Kier molecular flexibility index (Phi) is 8.78. The van der Waals surface area contributed by atoms with Gasteiger partial charge >= 0.3 is 0 Å². The highest BCUT2D eigenvalue weighted by Gasteiger charge is 2.40. The molecule has 0 spiro atoms. The summed E-state index contributed by atoms with van der Waals surface area (Å²) in [6.07, 6.45) is 2.63. The SMILES string of the molecule is CCNC(=NCc1ccc(CN2CCCC2)cc1)N1CCS(=O)(=O)C(C)(C)C1.I. The van der Waals surface area contributed by atoms with Crippen LogP contribution in [0.2, 0.25) is 0 Å². The maximum Gasteiger partial charge on any atom is 0.194 e. The Morgan fingerprint density at radius 3 is 2.31 bits per heavy atom. The number of halogens is 1. The zero-order valence-corrected chi connectivity index (χ0v) is 21.0. The van der Waals surface area contributed by atoms with Gasteiger partial charge in [0.15, 0.2) is 15.8 Å². The largest absolute Gasteiger partial charge is 0.357 e. The number of aliphatic imine (C=N–C) groups is 1. The molecule has 0 unspecified atom stereocenters. The van der Waals surface area contributed by atoms with Gasteiger partial charge in [-0.2, -0.15) is 0 Å². The number of sulfone groups is 1. The first-order valence-corrected chi connectivity index (χ1v) is 12.0. The predicted octanol–water partition coefficient (Wildman–Crippen LogP) is 2.87. The van der Waals surface area contributed by atoms with Gasteiger partial charge in [-0.3, -0.25) is 4.90 Å². The number of hydrogen-bond acceptors (Lipinski definition) is 4. The van der Waals surface area contributed by atoms with E-state index >= 15 is 0 Å². The van der Waals surface area contributed by atoms with Gasteiger partial charge in [0.2, 0.25) is 0 Å². The van der Waals surface area contributed by atoms with Crippen LogP contribution in [-0.2, 0) is 22.9 Å². The Bertz CT molecular complexity index is 787. The van der Waals surface area contributed by atoms with E-state index in [4.69, 9.17) is 4.99 Å². The lowest BCUT2D eigenvalue weighted by atomic mass is 10.1. The van der Waals surface area contributed by atoms with E-state index in [0.717, 1.165) is 19.0 Å². The molecule has 1 aromatic carbocycles. The lowest BCUT2D eigenvalue weighted by Gasteiger charge is -2.39. The second kappa shape index (κ2) is 10.4. The minimum atomic E-state index is -3.05. The zero-order chi connectivity index (χ0) is 20.2. The second-order valence-electron chi connectivity index (χ2n) is 8.47. The molecule has 2 fully saturated rings. The van der Waals surface area contributed by atoms with Crippen LogP contribution >= 0.6 is 24.0 Å². The highest BCUT2D eigenvalue weighted by Crippen LogP contribution is 2.24. The van der Waals surface area contributed by atoms with Gasteiger partial charge < -0.3 is 10.2 Å². The van der Waals surface area contributed by atoms with E-state index in [1.807, 2.05) is 6.92 Å². The first-order chi connectivity index (χ1) is 13.3. The Labute approximate surface area is 193 Å². The molecule has 8 heteroatoms. The molecule has 0 aromatic heterocycles. The van der Waals surface area contributed by atoms with Gasteiger partial charge in [0.05, 0.1) is 17.0 Å². The van der Waals surface area contributed by atoms with Crippen LogP contribution in [0.5, 0.6) is 0 Å². The summed E-state index contributed by atoms with van der Waals surface area (Å²) in [6, 6.07) is 8.71. The molecular formula is C21H35IN4O2S. The molecule has 29 heavy (non-hydrogen) atoms. The van der Waals surface area contributed by atoms with E-state index in [0.29, 0.717) is 19.6 Å². The summed E-state index contributed by atoms with van der Waals surface area (Å²) >= 11 is 0. The normalized spacial score (nSPS) is 21.6. The first-order valence-electron chi connectivity index (χ1n) is 10.4. The summed E-state index contributed by atoms with van der Waals surface area (Å²) in [6.45, 7) is 11.4. The third-order valence-corrected chi connectivity index (χ3v) is 8.25. The minimum Gasteiger partial charge on any atom is -0.357 e. The second-order valence-corrected chi connectivity index (χ2v) is 11.2. The van der Waals surface area contributed by atoms with Crippen LogP contribution in [0.15, 0.2) is 29.3 Å². The van der Waals surface area contributed by atoms with Crippen LogP contribution in [0.4, 0.5) is 0 Å². The molecule has 1 aromatic rings. The van der Waals surface area contributed by atoms with Crippen molar-refractivity contribution in [3.8, 4) is 0 Å². The summed E-state index contributed by atoms with van der Waals surface area (Å²) in [5, 5.41) is 3.32. The molecule has 2 aliphatic heterocycles. The van der Waals surface area contributed by atoms with Crippen molar-refractivity contribution in [2.75, 3.05) is 38.5 Å². The van der Waals surface area contributed by atoms with Crippen molar-refractivity contribution in [2.45, 2.75) is 51.4 Å². The number of hydrogen-bond donors (Lipinski definition) is 1. The molecule has 0 saturated carbocycles. The molecule has 1 N–H and O–H groups in total. The molecule has 0 amide bonds. The first kappa shape index (κ1) is 24.4. The zero-order valence-electron chi connectivity index (χ0n) is 17.9. The van der Waals surface area contributed by atoms with E-state index in [1.54, 1.807) is 13.8 Å². The molecule has 0 radical (unpaired) electrons. The third-order valence-electron chi connectivity index (χ3n) is 5.72. The average molecular weight is 535 g/mol. The average Bonchev–Trinajstić information content (AvgIpc) is 3.15. The molecule has 0 bridgehead atoms. The summed E-state index contributed by atoms with van der Waals surface area (Å²) in [7, 11) is -3.05. The Hall–Kier alpha value is -0.870. The van der Waals surface area contributed by atoms with Crippen molar-refractivity contribution in [3.05, 3.63) is 35.4 Å². The van der Waals surface area contributed by atoms with Crippen LogP contribution in [0.1, 0.15) is 44.7 Å². The molecule has 2 saturated heterocycles. The molecule has 2 heterocycles. The molecule has 164 valence electrons. The van der Waals surface area contributed by atoms with Crippen molar-refractivity contribution in [1.82, 2.24) is 15.1 Å². The van der Waals surface area contributed by atoms with Gasteiger partial charge in [-0.05, 0) is 57.8 Å². The predicted molar refractivity (Wildman–Crippen MR) is 131 cm³/mol. The van der Waals surface area contributed by atoms with E-state index in [2.05, 4.69) is 39.4 Å². The van der Waals surface area contributed by atoms with E-state index in [1.165, 1.54) is 37.1 Å². The highest BCUT2D eigenvalue weighted by atomic mass is 127. The van der Waals surface area contributed by atoms with Crippen LogP contribution in [0.3, 0.4) is 0 Å². The van der Waals surface area contributed by atoms with Crippen LogP contribution in [0.25, 0.3) is 0 Å². The van der Waals surface area contributed by atoms with Gasteiger partial charge in [-0.25, -0.2) is 13.4 Å². The maximum atomic E-state index is 12.3. The molecule has 2 aliphatic rings. The van der Waals surface area contributed by atoms with Gasteiger partial charge in [-0.1, -0.05) is 24.3 Å². The van der Waals surface area contributed by atoms with E-state index in [9.17, 15) is 8.42 Å². The monoisotopic (exact) mass is 534 g/mol. The number of benzene rings is 1. The van der Waals surface area contributed by atoms with Crippen molar-refractivity contribution in [3.63, 3.8) is 0 Å². The highest BCUT2D eigenvalue weighted by molar-refractivity contribution is 14.0. The van der Waals surface area contributed by atoms with Gasteiger partial charge in [-0.15, -0.1) is 24.0 Å². The topological polar surface area (TPSA) is 65.0 Å². The Balaban J connectivity index is 0.00000300. The van der Waals surface area contributed by atoms with Crippen molar-refractivity contribution >= 4 is 39.8 Å². The Morgan fingerprint density at radius 1 is 1.10 bits per heavy atom. The van der Waals surface area contributed by atoms with Gasteiger partial charge in [0.25, 0.3) is 0 Å². The standard InChI is InChI=1S/C21H34N4O2S.HI/c1-4-22-20(25-13-14-28(26,27)21(2,3)17-25)23-15-18-7-9-19(10-8-18)16-24-11-5-6-12-24;/h7-10H,4-6,11-17H2,1-3H3,(H,22,23);1H. The summed E-state index contributed by atoms with van der Waals surface area (Å²) in [5.41, 5.74) is 2.52. The fourth-order valence-electron chi connectivity index (χ4n) is 3.87. The molecule has 6 nitrogen and oxygen atoms in total. The van der Waals surface area contributed by atoms with Crippen molar-refractivity contribution in [2.24, 2.45) is 4.99 Å². The lowest BCUT2D eigenvalue weighted by molar-refractivity contribution is 0.331. The van der Waals surface area contributed by atoms with Crippen molar-refractivity contribution < 1.29 is 8.42 Å². The quantitative estimate of drug-likeness (QED) is 0.358. The van der Waals surface area contributed by atoms with Gasteiger partial charge in [0.1, 0.15) is 0 Å². The summed E-state index contributed by atoms with van der Waals surface area (Å²) < 4.78 is 23.8. The smallest absolute Gasteiger partial charge is 0.194 e. The molecule has 3 rings (SSSR count). The number of rotatable bonds is 5. The number of nitrogens with one attached hydrogen (secondary N) is 1. The molecule has 0 aliphatic carbocycles. The maximum absolute atomic E-state index is 12.3. The van der Waals surface area contributed by atoms with Crippen LogP contribution < -0.4 is 5.32 Å². The lowest BCUT2D eigenvalue weighted by Crippen LogP contribution is -2.57. The summed E-state index contributed by atoms with van der Waals surface area (Å²) in [4.78, 5) is 9.36. The third kappa shape index (κ3) is 6.30. The molecular weight excluding hydrogens is 499 g/mol. The van der Waals surface area contributed by atoms with Crippen LogP contribution in [-0.4, -0.2) is 67.4 Å². The Morgan fingerprint density at radius 2 is 1.72 bits per heavy atom. The van der Waals surface area contributed by atoms with E-state index < -0.39 is 14.6 Å². The molecule has 0 atom stereocenters. The fraction of sp³-hybridized carbons (Fsp3) is 0.667. The number of nitrogens with zero attached hydrogens (tertiary/aromatic N) is 3. The minimum absolute atomic E-state index is 0. The number of guanidine groups is 1. The number of likely N-dealkylation sites (tertiary alicyclic amines) is 1. The van der Waals surface area contributed by atoms with E-state index in [-0.39, 0.29) is 29.7 Å².